The summed E-state index contributed by atoms with van der Waals surface area (Å²) in [6, 6.07) is 5.42. The van der Waals surface area contributed by atoms with Crippen LogP contribution in [-0.2, 0) is 4.79 Å². The monoisotopic (exact) mass is 484 g/mol. The van der Waals surface area contributed by atoms with Gasteiger partial charge < -0.3 is 9.42 Å². The molecule has 8 nitrogen and oxygen atoms in total. The summed E-state index contributed by atoms with van der Waals surface area (Å²) in [6.07, 6.45) is 4.74. The number of carbonyl (C=O) groups excluding carboxylic acids is 1. The van der Waals surface area contributed by atoms with Gasteiger partial charge in [0, 0.05) is 40.8 Å². The molecule has 0 bridgehead atoms. The molecule has 1 unspecified atom stereocenters. The number of aliphatic imine (C=N–C) groups is 1. The predicted octanol–water partition coefficient (Wildman–Crippen LogP) is 4.18. The van der Waals surface area contributed by atoms with Crippen molar-refractivity contribution in [2.24, 2.45) is 4.99 Å². The van der Waals surface area contributed by atoms with Crippen molar-refractivity contribution >= 4 is 28.9 Å². The Bertz CT molecular complexity index is 1120. The second kappa shape index (κ2) is 11.6. The number of allylic oxidation sites excluding steroid dienone is 1. The van der Waals surface area contributed by atoms with E-state index in [-0.39, 0.29) is 12.1 Å². The van der Waals surface area contributed by atoms with Crippen molar-refractivity contribution in [3.8, 4) is 11.4 Å². The molecule has 1 aromatic carbocycles. The highest BCUT2D eigenvalue weighted by Crippen LogP contribution is 2.33. The molecule has 2 heterocycles. The number of hydrogen-bond acceptors (Lipinski definition) is 7. The van der Waals surface area contributed by atoms with E-state index < -0.39 is 0 Å². The minimum Gasteiger partial charge on any atom is -0.339 e. The number of aryl methyl sites for hydroxylation is 1. The second-order valence-corrected chi connectivity index (χ2v) is 8.83. The smallest absolute Gasteiger partial charge is 0.260 e. The Balaban J connectivity index is 1.88. The first kappa shape index (κ1) is 25.8. The van der Waals surface area contributed by atoms with E-state index in [0.29, 0.717) is 40.3 Å². The van der Waals surface area contributed by atoms with Gasteiger partial charge in [-0.1, -0.05) is 35.0 Å². The van der Waals surface area contributed by atoms with E-state index in [1.807, 2.05) is 45.1 Å². The molecule has 34 heavy (non-hydrogen) atoms. The Morgan fingerprint density at radius 2 is 2.12 bits per heavy atom. The summed E-state index contributed by atoms with van der Waals surface area (Å²) >= 11 is 6.62. The number of halogens is 1. The Morgan fingerprint density at radius 3 is 2.71 bits per heavy atom. The zero-order valence-corrected chi connectivity index (χ0v) is 21.5. The summed E-state index contributed by atoms with van der Waals surface area (Å²) in [4.78, 5) is 26.4. The highest BCUT2D eigenvalue weighted by Gasteiger charge is 2.31. The second-order valence-electron chi connectivity index (χ2n) is 8.42. The lowest BCUT2D eigenvalue weighted by Gasteiger charge is -2.30. The van der Waals surface area contributed by atoms with Crippen molar-refractivity contribution in [3.05, 3.63) is 52.4 Å². The molecular formula is C25H33ClN6O2. The molecule has 0 spiro atoms. The maximum Gasteiger partial charge on any atom is 0.260 e. The maximum absolute atomic E-state index is 13.5. The number of nitrogens with zero attached hydrogens (tertiary/aromatic N) is 5. The van der Waals surface area contributed by atoms with Crippen LogP contribution >= 0.6 is 11.6 Å². The van der Waals surface area contributed by atoms with Gasteiger partial charge in [-0.3, -0.25) is 15.0 Å². The fourth-order valence-electron chi connectivity index (χ4n) is 3.75. The lowest BCUT2D eigenvalue weighted by atomic mass is 9.95. The third-order valence-corrected chi connectivity index (χ3v) is 5.81. The molecule has 1 N–H and O–H groups in total. The number of amidine groups is 1. The van der Waals surface area contributed by atoms with Crippen molar-refractivity contribution in [1.82, 2.24) is 25.3 Å². The minimum atomic E-state index is -0.128. The number of amides is 1. The number of rotatable bonds is 9. The fourth-order valence-corrected chi connectivity index (χ4v) is 4.03. The van der Waals surface area contributed by atoms with Crippen molar-refractivity contribution in [1.29, 1.82) is 0 Å². The molecule has 0 fully saturated rings. The van der Waals surface area contributed by atoms with Gasteiger partial charge in [-0.05, 0) is 66.5 Å². The molecule has 182 valence electrons. The molecule has 1 amide bonds. The predicted molar refractivity (Wildman–Crippen MR) is 137 cm³/mol. The molecule has 0 radical (unpaired) electrons. The fraction of sp³-hybridized carbons (Fsp3) is 0.440. The van der Waals surface area contributed by atoms with E-state index in [2.05, 4.69) is 34.5 Å². The third kappa shape index (κ3) is 6.00. The molecular weight excluding hydrogens is 452 g/mol. The van der Waals surface area contributed by atoms with E-state index in [4.69, 9.17) is 21.1 Å². The summed E-state index contributed by atoms with van der Waals surface area (Å²) in [6.45, 7) is 9.98. The van der Waals surface area contributed by atoms with Gasteiger partial charge in [0.25, 0.3) is 5.91 Å². The number of likely N-dealkylation sites (N-methyl/N-ethyl adjacent to an activating group) is 1. The maximum atomic E-state index is 13.5. The van der Waals surface area contributed by atoms with Crippen LogP contribution in [0.1, 0.15) is 38.6 Å². The van der Waals surface area contributed by atoms with Crippen LogP contribution in [0.5, 0.6) is 0 Å². The topological polar surface area (TPSA) is 86.9 Å². The first-order chi connectivity index (χ1) is 16.2. The van der Waals surface area contributed by atoms with Gasteiger partial charge >= 0.3 is 0 Å². The van der Waals surface area contributed by atoms with Crippen LogP contribution in [0.4, 0.5) is 0 Å². The van der Waals surface area contributed by atoms with Crippen LogP contribution < -0.4 is 5.32 Å². The molecule has 1 aliphatic rings. The van der Waals surface area contributed by atoms with Gasteiger partial charge in [0.2, 0.25) is 11.7 Å². The largest absolute Gasteiger partial charge is 0.339 e. The Labute approximate surface area is 206 Å². The van der Waals surface area contributed by atoms with Crippen molar-refractivity contribution in [2.45, 2.75) is 40.3 Å². The zero-order chi connectivity index (χ0) is 24.8. The van der Waals surface area contributed by atoms with E-state index in [9.17, 15) is 4.79 Å². The summed E-state index contributed by atoms with van der Waals surface area (Å²) in [5.41, 5.74) is 2.79. The third-order valence-electron chi connectivity index (χ3n) is 5.50. The summed E-state index contributed by atoms with van der Waals surface area (Å²) < 4.78 is 5.06. The molecule has 9 heteroatoms. The van der Waals surface area contributed by atoms with E-state index in [1.165, 1.54) is 0 Å². The molecule has 3 rings (SSSR count). The molecule has 1 aliphatic heterocycles. The average Bonchev–Trinajstić information content (AvgIpc) is 3.23. The highest BCUT2D eigenvalue weighted by atomic mass is 35.5. The Hall–Kier alpha value is -2.81. The quantitative estimate of drug-likeness (QED) is 0.537. The van der Waals surface area contributed by atoms with E-state index >= 15 is 0 Å². The molecule has 1 atom stereocenters. The van der Waals surface area contributed by atoms with Gasteiger partial charge in [-0.15, -0.1) is 0 Å². The molecule has 0 saturated carbocycles. The lowest BCUT2D eigenvalue weighted by Crippen LogP contribution is -2.42. The number of aromatic nitrogens is 2. The van der Waals surface area contributed by atoms with E-state index in [0.717, 1.165) is 30.6 Å². The number of carbonyl (C=O) groups is 1. The van der Waals surface area contributed by atoms with Crippen LogP contribution in [0.25, 0.3) is 17.0 Å². The van der Waals surface area contributed by atoms with Crippen LogP contribution in [0.2, 0.25) is 5.02 Å². The van der Waals surface area contributed by atoms with Crippen molar-refractivity contribution < 1.29 is 9.32 Å². The van der Waals surface area contributed by atoms with E-state index in [1.54, 1.807) is 17.9 Å². The standard InChI is InChI=1S/C25H33ClN6O2/c1-7-18-14-21(20-11-10-19(15-22(20)26)23-29-17(4)34-30-23)25(33)32(8-2)24(18)28-16(3)27-12-9-13-31(5)6/h7,10-11,14-16,27H,8-9,12-13H2,1-6H3/b18-7-,28-24+. The van der Waals surface area contributed by atoms with Crippen LogP contribution in [0, 0.1) is 6.92 Å². The SMILES string of the molecule is C/C=C1/C=C(c2ccc(-c3noc(C)n3)cc2Cl)C(=O)N(CC)/C1=N/C(C)NCCCN(C)C. The van der Waals surface area contributed by atoms with Crippen LogP contribution in [-0.4, -0.2) is 71.6 Å². The Kier molecular flexibility index (Phi) is 8.77. The van der Waals surface area contributed by atoms with Gasteiger partial charge in [0.1, 0.15) is 5.84 Å². The molecule has 2 aromatic rings. The molecule has 0 saturated heterocycles. The van der Waals surface area contributed by atoms with Gasteiger partial charge in [-0.25, -0.2) is 4.99 Å². The lowest BCUT2D eigenvalue weighted by molar-refractivity contribution is -0.121. The van der Waals surface area contributed by atoms with Gasteiger partial charge in [0.05, 0.1) is 6.17 Å². The van der Waals surface area contributed by atoms with Crippen molar-refractivity contribution in [2.75, 3.05) is 33.7 Å². The summed E-state index contributed by atoms with van der Waals surface area (Å²) in [5, 5.41) is 7.81. The normalized spacial score (nSPS) is 17.7. The first-order valence-corrected chi connectivity index (χ1v) is 11.9. The zero-order valence-electron chi connectivity index (χ0n) is 20.7. The minimum absolute atomic E-state index is 0.120. The van der Waals surface area contributed by atoms with Crippen LogP contribution in [0.15, 0.2) is 45.4 Å². The summed E-state index contributed by atoms with van der Waals surface area (Å²) in [5.74, 6) is 1.48. The molecule has 1 aromatic heterocycles. The van der Waals surface area contributed by atoms with Crippen molar-refractivity contribution in [3.63, 3.8) is 0 Å². The first-order valence-electron chi connectivity index (χ1n) is 11.5. The highest BCUT2D eigenvalue weighted by molar-refractivity contribution is 6.37. The van der Waals surface area contributed by atoms with Gasteiger partial charge in [-0.2, -0.15) is 4.98 Å². The number of hydrogen-bond donors (Lipinski definition) is 1. The van der Waals surface area contributed by atoms with Crippen LogP contribution in [0.3, 0.4) is 0 Å². The molecule has 0 aliphatic carbocycles. The number of benzene rings is 1. The number of nitrogens with one attached hydrogen (secondary N) is 1. The Morgan fingerprint density at radius 1 is 1.35 bits per heavy atom. The average molecular weight is 485 g/mol. The van der Waals surface area contributed by atoms with Gasteiger partial charge in [0.15, 0.2) is 0 Å². The summed E-state index contributed by atoms with van der Waals surface area (Å²) in [7, 11) is 4.12.